The largest absolute Gasteiger partial charge is 0.280 e. The van der Waals surface area contributed by atoms with Gasteiger partial charge in [0.05, 0.1) is 6.20 Å². The van der Waals surface area contributed by atoms with Crippen molar-refractivity contribution in [3.8, 4) is 6.07 Å². The summed E-state index contributed by atoms with van der Waals surface area (Å²) < 4.78 is 1.48. The van der Waals surface area contributed by atoms with Crippen LogP contribution < -0.4 is 0 Å². The molecule has 0 spiro atoms. The number of ketones is 1. The van der Waals surface area contributed by atoms with Gasteiger partial charge in [-0.2, -0.15) is 10.4 Å². The first-order valence-electron chi connectivity index (χ1n) is 3.70. The van der Waals surface area contributed by atoms with Gasteiger partial charge in [0.15, 0.2) is 0 Å². The molecule has 0 radical (unpaired) electrons. The first kappa shape index (κ1) is 8.47. The van der Waals surface area contributed by atoms with Crippen molar-refractivity contribution in [2.75, 3.05) is 0 Å². The van der Waals surface area contributed by atoms with E-state index in [1.54, 1.807) is 18.5 Å². The Bertz CT molecular complexity index is 321. The molecule has 62 valence electrons. The third-order valence-corrected chi connectivity index (χ3v) is 1.53. The highest BCUT2D eigenvalue weighted by Crippen LogP contribution is 1.97. The summed E-state index contributed by atoms with van der Waals surface area (Å²) in [6.45, 7) is 2.06. The average molecular weight is 163 g/mol. The van der Waals surface area contributed by atoms with E-state index in [4.69, 9.17) is 5.26 Å². The number of Topliss-reactive ketones (excluding diaryl/α,β-unsaturated/α-hetero) is 1. The third-order valence-electron chi connectivity index (χ3n) is 1.53. The van der Waals surface area contributed by atoms with Gasteiger partial charge in [-0.15, -0.1) is 0 Å². The summed E-state index contributed by atoms with van der Waals surface area (Å²) >= 11 is 0. The third kappa shape index (κ3) is 1.92. The Morgan fingerprint density at radius 1 is 1.83 bits per heavy atom. The number of aryl methyl sites for hydroxylation is 1. The van der Waals surface area contributed by atoms with Crippen LogP contribution >= 0.6 is 0 Å². The lowest BCUT2D eigenvalue weighted by molar-refractivity contribution is -0.114. The number of nitriles is 1. The van der Waals surface area contributed by atoms with E-state index in [0.717, 1.165) is 12.0 Å². The monoisotopic (exact) mass is 163 g/mol. The first-order chi connectivity index (χ1) is 5.76. The normalized spacial score (nSPS) is 9.33. The van der Waals surface area contributed by atoms with Gasteiger partial charge in [-0.3, -0.25) is 9.48 Å². The van der Waals surface area contributed by atoms with Crippen LogP contribution in [0.15, 0.2) is 12.4 Å². The molecule has 1 aromatic rings. The van der Waals surface area contributed by atoms with Gasteiger partial charge in [0.1, 0.15) is 12.6 Å². The smallest absolute Gasteiger partial charge is 0.253 e. The van der Waals surface area contributed by atoms with Crippen molar-refractivity contribution in [3.05, 3.63) is 18.0 Å². The van der Waals surface area contributed by atoms with Gasteiger partial charge in [-0.05, 0) is 12.0 Å². The van der Waals surface area contributed by atoms with E-state index < -0.39 is 5.78 Å². The van der Waals surface area contributed by atoms with E-state index in [1.165, 1.54) is 4.68 Å². The Hall–Kier alpha value is -1.63. The molecule has 1 aromatic heterocycles. The number of carbonyl (C=O) groups excluding carboxylic acids is 1. The van der Waals surface area contributed by atoms with Crippen LogP contribution in [0.25, 0.3) is 0 Å². The van der Waals surface area contributed by atoms with Gasteiger partial charge < -0.3 is 0 Å². The van der Waals surface area contributed by atoms with Crippen LogP contribution in [0.5, 0.6) is 0 Å². The molecule has 0 aliphatic heterocycles. The zero-order valence-corrected chi connectivity index (χ0v) is 6.82. The quantitative estimate of drug-likeness (QED) is 0.611. The molecular weight excluding hydrogens is 154 g/mol. The van der Waals surface area contributed by atoms with Gasteiger partial charge in [-0.1, -0.05) is 6.92 Å². The number of hydrogen-bond acceptors (Lipinski definition) is 3. The molecule has 0 aliphatic rings. The van der Waals surface area contributed by atoms with Crippen LogP contribution in [0.4, 0.5) is 0 Å². The second-order valence-corrected chi connectivity index (χ2v) is 2.43. The van der Waals surface area contributed by atoms with Crippen LogP contribution in [0, 0.1) is 11.3 Å². The summed E-state index contributed by atoms with van der Waals surface area (Å²) in [5.74, 6) is -0.472. The zero-order valence-electron chi connectivity index (χ0n) is 6.82. The topological polar surface area (TPSA) is 58.7 Å². The highest BCUT2D eigenvalue weighted by Gasteiger charge is 2.01. The lowest BCUT2D eigenvalue weighted by atomic mass is 10.3. The standard InChI is InChI=1S/C8H9N3O/c1-2-7-4-10-11(5-7)6-8(12)3-9/h4-5H,2,6H2,1H3. The van der Waals surface area contributed by atoms with Gasteiger partial charge in [0.2, 0.25) is 0 Å². The molecule has 1 heterocycles. The molecule has 12 heavy (non-hydrogen) atoms. The van der Waals surface area contributed by atoms with E-state index in [0.29, 0.717) is 0 Å². The molecular formula is C8H9N3O. The van der Waals surface area contributed by atoms with Crippen molar-refractivity contribution in [2.45, 2.75) is 19.9 Å². The molecule has 0 fully saturated rings. The van der Waals surface area contributed by atoms with Crippen molar-refractivity contribution < 1.29 is 4.79 Å². The number of nitrogens with zero attached hydrogens (tertiary/aromatic N) is 3. The summed E-state index contributed by atoms with van der Waals surface area (Å²) in [5, 5.41) is 12.1. The summed E-state index contributed by atoms with van der Waals surface area (Å²) in [6, 6.07) is 1.54. The Kier molecular flexibility index (Phi) is 2.59. The number of rotatable bonds is 3. The molecule has 0 bridgehead atoms. The molecule has 0 atom stereocenters. The number of aromatic nitrogens is 2. The minimum atomic E-state index is -0.472. The maximum absolute atomic E-state index is 10.7. The van der Waals surface area contributed by atoms with Crippen molar-refractivity contribution >= 4 is 5.78 Å². The molecule has 1 rings (SSSR count). The molecule has 0 N–H and O–H groups in total. The minimum Gasteiger partial charge on any atom is -0.280 e. The van der Waals surface area contributed by atoms with Gasteiger partial charge in [-0.25, -0.2) is 0 Å². The number of hydrogen-bond donors (Lipinski definition) is 0. The predicted octanol–water partition coefficient (Wildman–Crippen LogP) is 0.538. The first-order valence-corrected chi connectivity index (χ1v) is 3.70. The van der Waals surface area contributed by atoms with Gasteiger partial charge in [0, 0.05) is 6.20 Å². The second kappa shape index (κ2) is 3.67. The molecule has 4 heteroatoms. The van der Waals surface area contributed by atoms with E-state index in [2.05, 4.69) is 5.10 Å². The van der Waals surface area contributed by atoms with Crippen LogP contribution in [-0.2, 0) is 17.8 Å². The van der Waals surface area contributed by atoms with E-state index in [-0.39, 0.29) is 6.54 Å². The summed E-state index contributed by atoms with van der Waals surface area (Å²) in [7, 11) is 0. The van der Waals surface area contributed by atoms with Crippen molar-refractivity contribution in [1.82, 2.24) is 9.78 Å². The Morgan fingerprint density at radius 2 is 2.58 bits per heavy atom. The maximum atomic E-state index is 10.7. The van der Waals surface area contributed by atoms with Crippen molar-refractivity contribution in [1.29, 1.82) is 5.26 Å². The fourth-order valence-corrected chi connectivity index (χ4v) is 0.858. The van der Waals surface area contributed by atoms with Crippen LogP contribution in [0.2, 0.25) is 0 Å². The molecule has 0 unspecified atom stereocenters. The lowest BCUT2D eigenvalue weighted by Crippen LogP contribution is -2.07. The molecule has 0 aromatic carbocycles. The second-order valence-electron chi connectivity index (χ2n) is 2.43. The average Bonchev–Trinajstić information content (AvgIpc) is 2.52. The molecule has 0 aliphatic carbocycles. The lowest BCUT2D eigenvalue weighted by Gasteiger charge is -1.92. The molecule has 0 saturated carbocycles. The van der Waals surface area contributed by atoms with E-state index >= 15 is 0 Å². The highest BCUT2D eigenvalue weighted by atomic mass is 16.1. The molecule has 0 amide bonds. The van der Waals surface area contributed by atoms with Crippen molar-refractivity contribution in [3.63, 3.8) is 0 Å². The minimum absolute atomic E-state index is 0.0521. The maximum Gasteiger partial charge on any atom is 0.253 e. The predicted molar refractivity (Wildman–Crippen MR) is 42.2 cm³/mol. The zero-order chi connectivity index (χ0) is 8.97. The summed E-state index contributed by atoms with van der Waals surface area (Å²) in [4.78, 5) is 10.7. The van der Waals surface area contributed by atoms with Gasteiger partial charge in [0.25, 0.3) is 5.78 Å². The number of carbonyl (C=O) groups is 1. The Labute approximate surface area is 70.4 Å². The van der Waals surface area contributed by atoms with Crippen molar-refractivity contribution in [2.24, 2.45) is 0 Å². The SMILES string of the molecule is CCc1cnn(CC(=O)C#N)c1. The molecule has 0 saturated heterocycles. The summed E-state index contributed by atoms with van der Waals surface area (Å²) in [5.41, 5.74) is 1.07. The van der Waals surface area contributed by atoms with Crippen LogP contribution in [0.1, 0.15) is 12.5 Å². The summed E-state index contributed by atoms with van der Waals surface area (Å²) in [6.07, 6.45) is 4.36. The molecule has 4 nitrogen and oxygen atoms in total. The Balaban J connectivity index is 2.65. The van der Waals surface area contributed by atoms with Gasteiger partial charge >= 0.3 is 0 Å². The van der Waals surface area contributed by atoms with E-state index in [9.17, 15) is 4.79 Å². The highest BCUT2D eigenvalue weighted by molar-refractivity contribution is 5.92. The van der Waals surface area contributed by atoms with E-state index in [1.807, 2.05) is 6.92 Å². The Morgan fingerprint density at radius 3 is 3.08 bits per heavy atom. The fourth-order valence-electron chi connectivity index (χ4n) is 0.858. The van der Waals surface area contributed by atoms with Crippen LogP contribution in [-0.4, -0.2) is 15.6 Å². The van der Waals surface area contributed by atoms with Crippen LogP contribution in [0.3, 0.4) is 0 Å². The fraction of sp³-hybridized carbons (Fsp3) is 0.375.